The normalized spacial score (nSPS) is 17.3. The second kappa shape index (κ2) is 7.24. The number of carbonyl (C=O) groups excluding carboxylic acids is 1. The molecule has 142 valence electrons. The molecule has 28 heavy (non-hydrogen) atoms. The molecule has 0 unspecified atom stereocenters. The van der Waals surface area contributed by atoms with Gasteiger partial charge in [-0.15, -0.1) is 11.3 Å². The van der Waals surface area contributed by atoms with Gasteiger partial charge in [-0.1, -0.05) is 12.8 Å². The van der Waals surface area contributed by atoms with Crippen LogP contribution in [0.15, 0.2) is 53.1 Å². The Kier molecular flexibility index (Phi) is 4.44. The van der Waals surface area contributed by atoms with Crippen LogP contribution in [0.3, 0.4) is 0 Å². The number of fused-ring (bicyclic) bond motifs is 1. The van der Waals surface area contributed by atoms with E-state index in [0.717, 1.165) is 40.3 Å². The molecule has 2 aromatic heterocycles. The van der Waals surface area contributed by atoms with Gasteiger partial charge in [0.1, 0.15) is 5.75 Å². The van der Waals surface area contributed by atoms with E-state index in [1.54, 1.807) is 23.7 Å². The fourth-order valence-corrected chi connectivity index (χ4v) is 4.89. The summed E-state index contributed by atoms with van der Waals surface area (Å²) in [7, 11) is 0. The molecule has 1 aromatic carbocycles. The zero-order valence-electron chi connectivity index (χ0n) is 15.3. The summed E-state index contributed by atoms with van der Waals surface area (Å²) in [6.07, 6.45) is 8.35. The molecule has 0 radical (unpaired) electrons. The van der Waals surface area contributed by atoms with Crippen LogP contribution in [-0.4, -0.2) is 22.1 Å². The molecule has 1 N–H and O–H groups in total. The minimum atomic E-state index is -0.120. The maximum absolute atomic E-state index is 11.7. The van der Waals surface area contributed by atoms with Crippen LogP contribution in [-0.2, 0) is 4.79 Å². The molecule has 0 spiro atoms. The highest BCUT2D eigenvalue weighted by Gasteiger charge is 2.23. The first-order chi connectivity index (χ1) is 13.8. The van der Waals surface area contributed by atoms with Crippen LogP contribution < -0.4 is 14.9 Å². The summed E-state index contributed by atoms with van der Waals surface area (Å²) < 4.78 is 7.86. The number of rotatable bonds is 3. The molecule has 1 amide bonds. The number of nitrogens with one attached hydrogen (secondary N) is 1. The molecular formula is C21H20N4O2S. The summed E-state index contributed by atoms with van der Waals surface area (Å²) >= 11 is 1.64. The van der Waals surface area contributed by atoms with Crippen LogP contribution in [0.2, 0.25) is 0 Å². The van der Waals surface area contributed by atoms with Crippen molar-refractivity contribution in [3.8, 4) is 17.0 Å². The Morgan fingerprint density at radius 3 is 2.96 bits per heavy atom. The Hall–Kier alpha value is -2.93. The first-order valence-electron chi connectivity index (χ1n) is 9.50. The van der Waals surface area contributed by atoms with Crippen molar-refractivity contribution < 1.29 is 9.53 Å². The summed E-state index contributed by atoms with van der Waals surface area (Å²) in [5.74, 6) is 0.595. The fraction of sp³-hybridized carbons (Fsp3) is 0.286. The number of aromatic nitrogens is 2. The van der Waals surface area contributed by atoms with E-state index in [1.807, 2.05) is 24.3 Å². The lowest BCUT2D eigenvalue weighted by molar-refractivity contribution is -0.118. The maximum Gasteiger partial charge on any atom is 0.262 e. The van der Waals surface area contributed by atoms with Crippen molar-refractivity contribution in [3.63, 3.8) is 0 Å². The number of amides is 1. The van der Waals surface area contributed by atoms with Gasteiger partial charge in [0.25, 0.3) is 5.91 Å². The Morgan fingerprint density at radius 2 is 2.14 bits per heavy atom. The van der Waals surface area contributed by atoms with Crippen LogP contribution in [0.4, 0.5) is 11.4 Å². The lowest BCUT2D eigenvalue weighted by Crippen LogP contribution is -2.25. The van der Waals surface area contributed by atoms with E-state index in [9.17, 15) is 4.79 Å². The molecule has 3 heterocycles. The third kappa shape index (κ3) is 3.22. The van der Waals surface area contributed by atoms with Crippen LogP contribution in [0, 0.1) is 0 Å². The molecular weight excluding hydrogens is 372 g/mol. The van der Waals surface area contributed by atoms with Gasteiger partial charge in [0.05, 0.1) is 23.3 Å². The van der Waals surface area contributed by atoms with Crippen LogP contribution in [0.1, 0.15) is 31.7 Å². The summed E-state index contributed by atoms with van der Waals surface area (Å²) in [6, 6.07) is 10.3. The van der Waals surface area contributed by atoms with E-state index >= 15 is 0 Å². The van der Waals surface area contributed by atoms with Crippen LogP contribution in [0.25, 0.3) is 11.3 Å². The Balaban J connectivity index is 1.63. The van der Waals surface area contributed by atoms with E-state index in [0.29, 0.717) is 11.8 Å². The molecule has 3 aromatic rings. The quantitative estimate of drug-likeness (QED) is 0.723. The van der Waals surface area contributed by atoms with Gasteiger partial charge < -0.3 is 14.6 Å². The Labute approximate surface area is 166 Å². The number of hydrogen-bond donors (Lipinski definition) is 1. The number of benzene rings is 1. The average Bonchev–Trinajstić information content (AvgIpc) is 3.38. The molecule has 1 saturated carbocycles. The van der Waals surface area contributed by atoms with Gasteiger partial charge in [0.15, 0.2) is 11.4 Å². The molecule has 2 aliphatic rings. The van der Waals surface area contributed by atoms with Crippen molar-refractivity contribution >= 4 is 28.6 Å². The number of pyridine rings is 1. The first kappa shape index (κ1) is 17.2. The van der Waals surface area contributed by atoms with Crippen molar-refractivity contribution in [3.05, 3.63) is 52.9 Å². The number of carbonyl (C=O) groups is 1. The fourth-order valence-electron chi connectivity index (χ4n) is 3.90. The van der Waals surface area contributed by atoms with Crippen molar-refractivity contribution in [2.75, 3.05) is 11.9 Å². The smallest absolute Gasteiger partial charge is 0.262 e. The van der Waals surface area contributed by atoms with Gasteiger partial charge in [-0.25, -0.2) is 4.99 Å². The number of ether oxygens (including phenoxy) is 1. The van der Waals surface area contributed by atoms with E-state index in [4.69, 9.17) is 9.73 Å². The largest absolute Gasteiger partial charge is 0.482 e. The zero-order valence-corrected chi connectivity index (χ0v) is 16.1. The maximum atomic E-state index is 11.7. The second-order valence-corrected chi connectivity index (χ2v) is 7.92. The predicted molar refractivity (Wildman–Crippen MR) is 109 cm³/mol. The molecule has 7 heteroatoms. The van der Waals surface area contributed by atoms with E-state index in [2.05, 4.69) is 26.3 Å². The lowest BCUT2D eigenvalue weighted by atomic mass is 10.1. The molecule has 1 fully saturated rings. The van der Waals surface area contributed by atoms with Crippen LogP contribution >= 0.6 is 11.3 Å². The highest BCUT2D eigenvalue weighted by Crippen LogP contribution is 2.36. The lowest BCUT2D eigenvalue weighted by Gasteiger charge is -2.20. The minimum absolute atomic E-state index is 0.0704. The molecule has 0 saturated heterocycles. The molecule has 0 atom stereocenters. The zero-order chi connectivity index (χ0) is 18.9. The van der Waals surface area contributed by atoms with Crippen LogP contribution in [0.5, 0.6) is 5.75 Å². The van der Waals surface area contributed by atoms with Gasteiger partial charge in [-0.2, -0.15) is 0 Å². The Morgan fingerprint density at radius 1 is 1.25 bits per heavy atom. The molecule has 5 rings (SSSR count). The number of nitrogens with zero attached hydrogens (tertiary/aromatic N) is 3. The summed E-state index contributed by atoms with van der Waals surface area (Å²) in [5, 5.41) is 5.06. The molecule has 1 aliphatic heterocycles. The van der Waals surface area contributed by atoms with Gasteiger partial charge in [0, 0.05) is 23.2 Å². The van der Waals surface area contributed by atoms with Crippen molar-refractivity contribution in [2.45, 2.75) is 31.7 Å². The third-order valence-corrected chi connectivity index (χ3v) is 6.05. The average molecular weight is 392 g/mol. The molecule has 6 nitrogen and oxygen atoms in total. The van der Waals surface area contributed by atoms with Gasteiger partial charge >= 0.3 is 0 Å². The van der Waals surface area contributed by atoms with E-state index < -0.39 is 0 Å². The molecule has 0 bridgehead atoms. The first-order valence-corrected chi connectivity index (χ1v) is 10.4. The van der Waals surface area contributed by atoms with Gasteiger partial charge in [-0.3, -0.25) is 9.78 Å². The highest BCUT2D eigenvalue weighted by molar-refractivity contribution is 7.07. The van der Waals surface area contributed by atoms with Gasteiger partial charge in [0.2, 0.25) is 0 Å². The Bertz CT molecular complexity index is 1080. The number of hydrogen-bond acceptors (Lipinski definition) is 5. The van der Waals surface area contributed by atoms with E-state index in [-0.39, 0.29) is 12.5 Å². The highest BCUT2D eigenvalue weighted by atomic mass is 32.1. The summed E-state index contributed by atoms with van der Waals surface area (Å²) in [4.78, 5) is 21.7. The minimum Gasteiger partial charge on any atom is -0.482 e. The topological polar surface area (TPSA) is 68.5 Å². The van der Waals surface area contributed by atoms with Crippen molar-refractivity contribution in [1.82, 2.24) is 9.55 Å². The van der Waals surface area contributed by atoms with Crippen molar-refractivity contribution in [1.29, 1.82) is 0 Å². The second-order valence-electron chi connectivity index (χ2n) is 7.08. The number of thiazole rings is 1. The predicted octanol–water partition coefficient (Wildman–Crippen LogP) is 4.29. The van der Waals surface area contributed by atoms with Gasteiger partial charge in [-0.05, 0) is 43.2 Å². The van der Waals surface area contributed by atoms with Crippen molar-refractivity contribution in [2.24, 2.45) is 4.99 Å². The SMILES string of the molecule is O=C1COc2ccc(-c3csc(=Nc4cccnc4)n3C3CCCC3)cc2N1. The van der Waals surface area contributed by atoms with E-state index in [1.165, 1.54) is 12.8 Å². The molecule has 1 aliphatic carbocycles. The summed E-state index contributed by atoms with van der Waals surface area (Å²) in [6.45, 7) is 0.0704. The standard InChI is InChI=1S/C21H20N4O2S/c26-20-12-27-19-8-7-14(10-17(19)24-20)18-13-28-21(23-15-4-3-9-22-11-15)25(18)16-5-1-2-6-16/h3-4,7-11,13,16H,1-2,5-6,12H2,(H,24,26). The monoisotopic (exact) mass is 392 g/mol. The number of anilines is 1. The summed E-state index contributed by atoms with van der Waals surface area (Å²) in [5.41, 5.74) is 3.76. The third-order valence-electron chi connectivity index (χ3n) is 5.21.